The second-order valence-corrected chi connectivity index (χ2v) is 5.24. The lowest BCUT2D eigenvalue weighted by molar-refractivity contribution is -0.0614. The number of nitriles is 1. The highest BCUT2D eigenvalue weighted by atomic mass is 16.5. The summed E-state index contributed by atoms with van der Waals surface area (Å²) in [6, 6.07) is 2.47. The summed E-state index contributed by atoms with van der Waals surface area (Å²) in [4.78, 5) is 0. The lowest BCUT2D eigenvalue weighted by Crippen LogP contribution is -2.50. The van der Waals surface area contributed by atoms with Crippen molar-refractivity contribution in [1.29, 1.82) is 5.26 Å². The Bertz CT molecular complexity index is 277. The highest BCUT2D eigenvalue weighted by Crippen LogP contribution is 2.30. The first kappa shape index (κ1) is 15.4. The molecule has 0 saturated heterocycles. The fraction of sp³-hybridized carbons (Fsp3) is 0.929. The molecule has 0 amide bonds. The topological polar surface area (TPSA) is 54.3 Å². The third-order valence-corrected chi connectivity index (χ3v) is 3.46. The van der Waals surface area contributed by atoms with Gasteiger partial charge in [-0.3, -0.25) is 5.32 Å². The zero-order valence-electron chi connectivity index (χ0n) is 11.9. The monoisotopic (exact) mass is 254 g/mol. The predicted molar refractivity (Wildman–Crippen MR) is 71.3 cm³/mol. The van der Waals surface area contributed by atoms with E-state index in [1.54, 1.807) is 7.11 Å². The number of rotatable bonds is 7. The van der Waals surface area contributed by atoms with Crippen LogP contribution in [0.3, 0.4) is 0 Å². The number of nitrogens with one attached hydrogen (secondary N) is 1. The van der Waals surface area contributed by atoms with Gasteiger partial charge in [0.1, 0.15) is 5.54 Å². The summed E-state index contributed by atoms with van der Waals surface area (Å²) in [7, 11) is 1.68. The molecule has 4 nitrogen and oxygen atoms in total. The Hall–Kier alpha value is -0.630. The second-order valence-electron chi connectivity index (χ2n) is 5.24. The average molecular weight is 254 g/mol. The summed E-state index contributed by atoms with van der Waals surface area (Å²) >= 11 is 0. The van der Waals surface area contributed by atoms with Crippen molar-refractivity contribution < 1.29 is 9.47 Å². The van der Waals surface area contributed by atoms with E-state index >= 15 is 0 Å². The van der Waals surface area contributed by atoms with E-state index < -0.39 is 0 Å². The van der Waals surface area contributed by atoms with E-state index in [1.165, 1.54) is 0 Å². The predicted octanol–water partition coefficient (Wildman–Crippen LogP) is 2.24. The van der Waals surface area contributed by atoms with Gasteiger partial charge in [0.25, 0.3) is 0 Å². The maximum absolute atomic E-state index is 9.43. The third-order valence-electron chi connectivity index (χ3n) is 3.46. The molecular formula is C14H26N2O2. The van der Waals surface area contributed by atoms with Crippen LogP contribution in [0.1, 0.15) is 46.0 Å². The Kier molecular flexibility index (Phi) is 6.62. The van der Waals surface area contributed by atoms with E-state index in [0.717, 1.165) is 38.6 Å². The molecule has 0 heterocycles. The Morgan fingerprint density at radius 1 is 1.56 bits per heavy atom. The molecular weight excluding hydrogens is 228 g/mol. The molecule has 1 aliphatic rings. The van der Waals surface area contributed by atoms with Crippen molar-refractivity contribution in [1.82, 2.24) is 5.32 Å². The molecule has 1 N–H and O–H groups in total. The zero-order valence-corrected chi connectivity index (χ0v) is 11.9. The molecule has 104 valence electrons. The summed E-state index contributed by atoms with van der Waals surface area (Å²) in [6.07, 6.45) is 5.14. The van der Waals surface area contributed by atoms with Gasteiger partial charge in [0.15, 0.2) is 0 Å². The van der Waals surface area contributed by atoms with E-state index in [-0.39, 0.29) is 17.7 Å². The Labute approximate surface area is 111 Å². The normalized spacial score (nSPS) is 29.8. The van der Waals surface area contributed by atoms with Crippen molar-refractivity contribution in [3.05, 3.63) is 0 Å². The van der Waals surface area contributed by atoms with Gasteiger partial charge >= 0.3 is 0 Å². The van der Waals surface area contributed by atoms with Crippen LogP contribution in [0.2, 0.25) is 0 Å². The van der Waals surface area contributed by atoms with Gasteiger partial charge in [0.05, 0.1) is 24.9 Å². The van der Waals surface area contributed by atoms with Crippen LogP contribution in [0.4, 0.5) is 0 Å². The fourth-order valence-corrected chi connectivity index (χ4v) is 2.61. The van der Waals surface area contributed by atoms with Crippen LogP contribution in [-0.4, -0.2) is 38.0 Å². The molecule has 1 fully saturated rings. The van der Waals surface area contributed by atoms with Crippen molar-refractivity contribution in [2.24, 2.45) is 0 Å². The summed E-state index contributed by atoms with van der Waals surface area (Å²) in [5.41, 5.74) is -0.383. The van der Waals surface area contributed by atoms with Gasteiger partial charge in [0, 0.05) is 13.5 Å². The summed E-state index contributed by atoms with van der Waals surface area (Å²) in [5, 5.41) is 12.8. The maximum Gasteiger partial charge on any atom is 0.109 e. The summed E-state index contributed by atoms with van der Waals surface area (Å²) in [6.45, 7) is 5.65. The van der Waals surface area contributed by atoms with Crippen LogP contribution in [0.5, 0.6) is 0 Å². The van der Waals surface area contributed by atoms with Crippen LogP contribution >= 0.6 is 0 Å². The average Bonchev–Trinajstić information content (AvgIpc) is 2.37. The van der Waals surface area contributed by atoms with Crippen molar-refractivity contribution in [2.75, 3.05) is 20.3 Å². The molecule has 0 aromatic rings. The van der Waals surface area contributed by atoms with Crippen molar-refractivity contribution in [3.63, 3.8) is 0 Å². The van der Waals surface area contributed by atoms with Gasteiger partial charge in [0.2, 0.25) is 0 Å². The standard InChI is InChI=1S/C14H26N2O2/c1-4-8-16-14(11-15)7-5-6-13(9-14)18-12(2)10-17-3/h12-13,16H,4-10H2,1-3H3. The van der Waals surface area contributed by atoms with Gasteiger partial charge in [-0.05, 0) is 39.2 Å². The second kappa shape index (κ2) is 7.73. The van der Waals surface area contributed by atoms with Crippen LogP contribution < -0.4 is 5.32 Å². The molecule has 0 radical (unpaired) electrons. The van der Waals surface area contributed by atoms with Gasteiger partial charge in [-0.2, -0.15) is 5.26 Å². The van der Waals surface area contributed by atoms with Crippen LogP contribution in [-0.2, 0) is 9.47 Å². The smallest absolute Gasteiger partial charge is 0.109 e. The Morgan fingerprint density at radius 3 is 2.94 bits per heavy atom. The summed E-state index contributed by atoms with van der Waals surface area (Å²) in [5.74, 6) is 0. The van der Waals surface area contributed by atoms with E-state index in [2.05, 4.69) is 18.3 Å². The Balaban J connectivity index is 2.50. The van der Waals surface area contributed by atoms with Gasteiger partial charge in [-0.15, -0.1) is 0 Å². The molecule has 0 aliphatic heterocycles. The fourth-order valence-electron chi connectivity index (χ4n) is 2.61. The number of hydrogen-bond donors (Lipinski definition) is 1. The first-order valence-electron chi connectivity index (χ1n) is 6.96. The molecule has 3 unspecified atom stereocenters. The number of ether oxygens (including phenoxy) is 2. The number of methoxy groups -OCH3 is 1. The Morgan fingerprint density at radius 2 is 2.33 bits per heavy atom. The number of nitrogens with zero attached hydrogens (tertiary/aromatic N) is 1. The SMILES string of the molecule is CCCNC1(C#N)CCCC(OC(C)COC)C1. The number of hydrogen-bond acceptors (Lipinski definition) is 4. The van der Waals surface area contributed by atoms with E-state index in [9.17, 15) is 5.26 Å². The van der Waals surface area contributed by atoms with Gasteiger partial charge in [-0.1, -0.05) is 6.92 Å². The highest BCUT2D eigenvalue weighted by molar-refractivity contribution is 5.10. The van der Waals surface area contributed by atoms with E-state index in [1.807, 2.05) is 6.92 Å². The van der Waals surface area contributed by atoms with Gasteiger partial charge < -0.3 is 9.47 Å². The minimum absolute atomic E-state index is 0.0978. The maximum atomic E-state index is 9.43. The van der Waals surface area contributed by atoms with Gasteiger partial charge in [-0.25, -0.2) is 0 Å². The molecule has 1 aliphatic carbocycles. The third kappa shape index (κ3) is 4.56. The van der Waals surface area contributed by atoms with Crippen molar-refractivity contribution in [3.8, 4) is 6.07 Å². The van der Waals surface area contributed by atoms with E-state index in [4.69, 9.17) is 9.47 Å². The van der Waals surface area contributed by atoms with Crippen molar-refractivity contribution >= 4 is 0 Å². The molecule has 1 rings (SSSR count). The molecule has 0 aromatic heterocycles. The quantitative estimate of drug-likeness (QED) is 0.757. The van der Waals surface area contributed by atoms with Crippen LogP contribution in [0.15, 0.2) is 0 Å². The molecule has 4 heteroatoms. The van der Waals surface area contributed by atoms with Crippen molar-refractivity contribution in [2.45, 2.75) is 63.7 Å². The molecule has 18 heavy (non-hydrogen) atoms. The van der Waals surface area contributed by atoms with Crippen LogP contribution in [0.25, 0.3) is 0 Å². The first-order valence-corrected chi connectivity index (χ1v) is 6.96. The molecule has 0 bridgehead atoms. The van der Waals surface area contributed by atoms with E-state index in [0.29, 0.717) is 6.61 Å². The van der Waals surface area contributed by atoms with Crippen LogP contribution in [0, 0.1) is 11.3 Å². The molecule has 0 spiro atoms. The molecule has 0 aromatic carbocycles. The zero-order chi connectivity index (χ0) is 13.4. The molecule has 1 saturated carbocycles. The highest BCUT2D eigenvalue weighted by Gasteiger charge is 2.36. The molecule has 3 atom stereocenters. The largest absolute Gasteiger partial charge is 0.382 e. The minimum atomic E-state index is -0.383. The lowest BCUT2D eigenvalue weighted by Gasteiger charge is -2.37. The first-order chi connectivity index (χ1) is 8.65. The summed E-state index contributed by atoms with van der Waals surface area (Å²) < 4.78 is 11.0. The lowest BCUT2D eigenvalue weighted by atomic mass is 9.81. The minimum Gasteiger partial charge on any atom is -0.382 e.